The molecule has 2 aliphatic rings. The molecule has 1 fully saturated rings. The maximum atomic E-state index is 13.3. The lowest BCUT2D eigenvalue weighted by molar-refractivity contribution is -0.150. The molecule has 1 saturated heterocycles. The third kappa shape index (κ3) is 6.38. The number of allylic oxidation sites excluding steroid dienone is 2. The Morgan fingerprint density at radius 3 is 2.42 bits per heavy atom. The van der Waals surface area contributed by atoms with Crippen molar-refractivity contribution in [1.82, 2.24) is 4.90 Å². The molecule has 0 bridgehead atoms. The second-order valence-corrected chi connectivity index (χ2v) is 10.5. The first-order valence-corrected chi connectivity index (χ1v) is 12.1. The average molecular weight is 458 g/mol. The van der Waals surface area contributed by atoms with Gasteiger partial charge in [-0.1, -0.05) is 42.5 Å². The topological polar surface area (TPSA) is 65.1 Å². The van der Waals surface area contributed by atoms with Gasteiger partial charge in [0.15, 0.2) is 0 Å². The summed E-state index contributed by atoms with van der Waals surface area (Å²) >= 11 is 0. The minimum atomic E-state index is -0.823. The van der Waals surface area contributed by atoms with E-state index in [0.29, 0.717) is 25.9 Å². The summed E-state index contributed by atoms with van der Waals surface area (Å²) in [5.41, 5.74) is -0.296. The molecule has 0 N–H and O–H groups in total. The highest BCUT2D eigenvalue weighted by atomic mass is 16.6. The maximum absolute atomic E-state index is 13.3. The maximum Gasteiger partial charge on any atom is 0.412 e. The van der Waals surface area contributed by atoms with Crippen LogP contribution in [0.3, 0.4) is 0 Å². The van der Waals surface area contributed by atoms with E-state index in [4.69, 9.17) is 14.2 Å². The van der Waals surface area contributed by atoms with Gasteiger partial charge in [0, 0.05) is 0 Å². The van der Waals surface area contributed by atoms with Crippen LogP contribution < -0.4 is 0 Å². The minimum absolute atomic E-state index is 0.103. The molecule has 4 unspecified atom stereocenters. The molecule has 0 aromatic heterocycles. The van der Waals surface area contributed by atoms with E-state index in [0.717, 1.165) is 12.0 Å². The predicted octanol–water partition coefficient (Wildman–Crippen LogP) is 5.51. The fraction of sp³-hybridized carbons (Fsp3) is 0.630. The normalized spacial score (nSPS) is 26.8. The van der Waals surface area contributed by atoms with E-state index >= 15 is 0 Å². The van der Waals surface area contributed by atoms with E-state index in [1.807, 2.05) is 59.7 Å². The fourth-order valence-corrected chi connectivity index (χ4v) is 4.99. The van der Waals surface area contributed by atoms with Crippen molar-refractivity contribution in [3.8, 4) is 0 Å². The summed E-state index contributed by atoms with van der Waals surface area (Å²) in [5, 5.41) is 0. The lowest BCUT2D eigenvalue weighted by atomic mass is 9.78. The lowest BCUT2D eigenvalue weighted by Crippen LogP contribution is -2.51. The van der Waals surface area contributed by atoms with Gasteiger partial charge in [-0.25, -0.2) is 4.79 Å². The monoisotopic (exact) mass is 457 g/mol. The van der Waals surface area contributed by atoms with Crippen molar-refractivity contribution in [2.75, 3.05) is 6.61 Å². The average Bonchev–Trinajstić information content (AvgIpc) is 2.97. The second kappa shape index (κ2) is 10.3. The zero-order valence-electron chi connectivity index (χ0n) is 20.9. The Hall–Kier alpha value is -2.34. The van der Waals surface area contributed by atoms with Crippen LogP contribution in [0.1, 0.15) is 66.4 Å². The Kier molecular flexibility index (Phi) is 7.88. The smallest absolute Gasteiger partial charge is 0.412 e. The van der Waals surface area contributed by atoms with E-state index < -0.39 is 11.3 Å². The van der Waals surface area contributed by atoms with Crippen molar-refractivity contribution in [3.63, 3.8) is 0 Å². The molecule has 182 valence electrons. The van der Waals surface area contributed by atoms with Gasteiger partial charge in [0.2, 0.25) is 0 Å². The molecule has 1 aromatic rings. The number of esters is 1. The van der Waals surface area contributed by atoms with Crippen molar-refractivity contribution < 1.29 is 23.8 Å². The van der Waals surface area contributed by atoms with E-state index in [1.54, 1.807) is 4.90 Å². The molecule has 1 amide bonds. The van der Waals surface area contributed by atoms with Crippen molar-refractivity contribution in [2.24, 2.45) is 11.8 Å². The van der Waals surface area contributed by atoms with Gasteiger partial charge in [0.1, 0.15) is 11.3 Å². The van der Waals surface area contributed by atoms with E-state index in [2.05, 4.69) is 24.3 Å². The largest absolute Gasteiger partial charge is 0.466 e. The molecule has 1 aliphatic heterocycles. The summed E-state index contributed by atoms with van der Waals surface area (Å²) in [6.07, 6.45) is 6.41. The molecule has 1 aliphatic carbocycles. The Balaban J connectivity index is 1.89. The summed E-state index contributed by atoms with van der Waals surface area (Å²) in [5.74, 6) is -0.228. The first-order chi connectivity index (χ1) is 15.5. The molecular formula is C27H39NO5. The van der Waals surface area contributed by atoms with Crippen LogP contribution in [-0.4, -0.2) is 47.0 Å². The second-order valence-electron chi connectivity index (χ2n) is 10.5. The molecule has 33 heavy (non-hydrogen) atoms. The van der Waals surface area contributed by atoms with Gasteiger partial charge in [-0.15, -0.1) is 0 Å². The molecule has 0 spiro atoms. The number of hydrogen-bond donors (Lipinski definition) is 0. The van der Waals surface area contributed by atoms with Gasteiger partial charge < -0.3 is 14.2 Å². The Bertz CT molecular complexity index is 842. The number of rotatable bonds is 6. The van der Waals surface area contributed by atoms with E-state index in [-0.39, 0.29) is 36.0 Å². The summed E-state index contributed by atoms with van der Waals surface area (Å²) in [6, 6.07) is 9.93. The number of ether oxygens (including phenoxy) is 3. The third-order valence-electron chi connectivity index (χ3n) is 6.35. The first-order valence-electron chi connectivity index (χ1n) is 12.1. The SMILES string of the molecule is CCOC(=O)C1CC=CCC1CC1OC(C)(C)N(C(=O)OC(C)(C)C)C1Cc1ccccc1. The van der Waals surface area contributed by atoms with Crippen molar-refractivity contribution in [2.45, 2.75) is 90.7 Å². The van der Waals surface area contributed by atoms with Gasteiger partial charge in [0.05, 0.1) is 24.7 Å². The third-order valence-corrected chi connectivity index (χ3v) is 6.35. The van der Waals surface area contributed by atoms with Gasteiger partial charge >= 0.3 is 12.1 Å². The predicted molar refractivity (Wildman–Crippen MR) is 128 cm³/mol. The summed E-state index contributed by atoms with van der Waals surface area (Å²) < 4.78 is 17.7. The number of benzene rings is 1. The van der Waals surface area contributed by atoms with Crippen molar-refractivity contribution in [1.29, 1.82) is 0 Å². The molecule has 3 rings (SSSR count). The van der Waals surface area contributed by atoms with Crippen LogP contribution >= 0.6 is 0 Å². The Morgan fingerprint density at radius 2 is 1.79 bits per heavy atom. The quantitative estimate of drug-likeness (QED) is 0.417. The number of carbonyl (C=O) groups is 2. The van der Waals surface area contributed by atoms with Gasteiger partial charge in [-0.2, -0.15) is 0 Å². The summed E-state index contributed by atoms with van der Waals surface area (Å²) in [6.45, 7) is 11.7. The van der Waals surface area contributed by atoms with Crippen LogP contribution in [0.15, 0.2) is 42.5 Å². The van der Waals surface area contributed by atoms with Crippen molar-refractivity contribution in [3.05, 3.63) is 48.0 Å². The molecule has 4 atom stereocenters. The highest BCUT2D eigenvalue weighted by Gasteiger charge is 2.52. The van der Waals surface area contributed by atoms with E-state index in [1.165, 1.54) is 0 Å². The van der Waals surface area contributed by atoms with Gasteiger partial charge in [-0.05, 0) is 78.7 Å². The number of hydrogen-bond acceptors (Lipinski definition) is 5. The fourth-order valence-electron chi connectivity index (χ4n) is 4.99. The van der Waals surface area contributed by atoms with Crippen LogP contribution in [0.4, 0.5) is 4.79 Å². The number of nitrogens with zero attached hydrogens (tertiary/aromatic N) is 1. The lowest BCUT2D eigenvalue weighted by Gasteiger charge is -2.35. The molecule has 1 heterocycles. The van der Waals surface area contributed by atoms with Crippen LogP contribution in [0.2, 0.25) is 0 Å². The highest BCUT2D eigenvalue weighted by Crippen LogP contribution is 2.41. The van der Waals surface area contributed by atoms with Crippen LogP contribution in [0.25, 0.3) is 0 Å². The number of carbonyl (C=O) groups excluding carboxylic acids is 2. The molecule has 0 radical (unpaired) electrons. The van der Waals surface area contributed by atoms with Crippen LogP contribution in [0.5, 0.6) is 0 Å². The zero-order valence-corrected chi connectivity index (χ0v) is 20.9. The Morgan fingerprint density at radius 1 is 1.12 bits per heavy atom. The molecule has 6 nitrogen and oxygen atoms in total. The summed E-state index contributed by atoms with van der Waals surface area (Å²) in [4.78, 5) is 27.7. The first kappa shape index (κ1) is 25.3. The molecule has 6 heteroatoms. The van der Waals surface area contributed by atoms with E-state index in [9.17, 15) is 9.59 Å². The molecule has 0 saturated carbocycles. The summed E-state index contributed by atoms with van der Waals surface area (Å²) in [7, 11) is 0. The van der Waals surface area contributed by atoms with Crippen molar-refractivity contribution >= 4 is 12.1 Å². The highest BCUT2D eigenvalue weighted by molar-refractivity contribution is 5.73. The Labute approximate surface area is 198 Å². The molecule has 1 aromatic carbocycles. The van der Waals surface area contributed by atoms with Gasteiger partial charge in [0.25, 0.3) is 0 Å². The van der Waals surface area contributed by atoms with Crippen LogP contribution in [-0.2, 0) is 25.4 Å². The standard InChI is InChI=1S/C27H39NO5/c1-7-31-24(29)21-16-12-11-15-20(21)18-23-22(17-19-13-9-8-10-14-19)28(27(5,6)32-23)25(30)33-26(2,3)4/h8-14,20-23H,7,15-18H2,1-6H3. The molecular weight excluding hydrogens is 418 g/mol. The minimum Gasteiger partial charge on any atom is -0.466 e. The van der Waals surface area contributed by atoms with Crippen LogP contribution in [0, 0.1) is 11.8 Å². The number of amides is 1. The van der Waals surface area contributed by atoms with Gasteiger partial charge in [-0.3, -0.25) is 9.69 Å². The zero-order chi connectivity index (χ0) is 24.2.